The Morgan fingerprint density at radius 2 is 1.65 bits per heavy atom. The SMILES string of the molecule is CCCCS(=O)(=O)Nc1ccc(S(=O)(=O)N2CCC(NC)CC2)cc1.Cl. The van der Waals surface area contributed by atoms with Crippen LogP contribution in [0.3, 0.4) is 0 Å². The molecule has 0 atom stereocenters. The van der Waals surface area contributed by atoms with Crippen LogP contribution in [0.1, 0.15) is 32.6 Å². The molecular weight excluding hydrogens is 398 g/mol. The molecule has 0 saturated carbocycles. The lowest BCUT2D eigenvalue weighted by atomic mass is 10.1. The topological polar surface area (TPSA) is 95.6 Å². The van der Waals surface area contributed by atoms with Gasteiger partial charge in [0.1, 0.15) is 0 Å². The van der Waals surface area contributed by atoms with E-state index in [1.807, 2.05) is 14.0 Å². The maximum Gasteiger partial charge on any atom is 0.243 e. The molecule has 10 heteroatoms. The number of halogens is 1. The van der Waals surface area contributed by atoms with Crippen LogP contribution in [-0.2, 0) is 20.0 Å². The smallest absolute Gasteiger partial charge is 0.243 e. The monoisotopic (exact) mass is 425 g/mol. The van der Waals surface area contributed by atoms with Crippen molar-refractivity contribution in [2.75, 3.05) is 30.6 Å². The molecule has 0 amide bonds. The summed E-state index contributed by atoms with van der Waals surface area (Å²) in [6.07, 6.45) is 2.95. The van der Waals surface area contributed by atoms with Gasteiger partial charge in [-0.3, -0.25) is 4.72 Å². The molecule has 0 aliphatic carbocycles. The highest BCUT2D eigenvalue weighted by Crippen LogP contribution is 2.22. The number of unbranched alkanes of at least 4 members (excludes halogenated alkanes) is 1. The number of nitrogens with one attached hydrogen (secondary N) is 2. The Bertz CT molecular complexity index is 759. The van der Waals surface area contributed by atoms with Crippen molar-refractivity contribution in [1.29, 1.82) is 0 Å². The molecule has 1 saturated heterocycles. The van der Waals surface area contributed by atoms with Crippen molar-refractivity contribution in [2.45, 2.75) is 43.5 Å². The fourth-order valence-electron chi connectivity index (χ4n) is 2.79. The van der Waals surface area contributed by atoms with Crippen molar-refractivity contribution in [3.05, 3.63) is 24.3 Å². The zero-order chi connectivity index (χ0) is 18.5. The Balaban J connectivity index is 0.00000338. The van der Waals surface area contributed by atoms with Crippen molar-refractivity contribution in [1.82, 2.24) is 9.62 Å². The Hall–Kier alpha value is -0.870. The van der Waals surface area contributed by atoms with E-state index in [0.717, 1.165) is 19.3 Å². The highest BCUT2D eigenvalue weighted by atomic mass is 35.5. The van der Waals surface area contributed by atoms with Gasteiger partial charge in [0.2, 0.25) is 20.0 Å². The first-order valence-corrected chi connectivity index (χ1v) is 11.7. The van der Waals surface area contributed by atoms with Crippen LogP contribution in [0.4, 0.5) is 5.69 Å². The molecule has 1 aromatic rings. The maximum absolute atomic E-state index is 12.7. The van der Waals surface area contributed by atoms with Crippen molar-refractivity contribution in [3.8, 4) is 0 Å². The summed E-state index contributed by atoms with van der Waals surface area (Å²) in [5.74, 6) is 0.0595. The molecule has 26 heavy (non-hydrogen) atoms. The number of rotatable bonds is 8. The number of hydrogen-bond donors (Lipinski definition) is 2. The fourth-order valence-corrected chi connectivity index (χ4v) is 5.53. The van der Waals surface area contributed by atoms with Crippen molar-refractivity contribution in [3.63, 3.8) is 0 Å². The minimum Gasteiger partial charge on any atom is -0.317 e. The van der Waals surface area contributed by atoms with Crippen molar-refractivity contribution < 1.29 is 16.8 Å². The van der Waals surface area contributed by atoms with Gasteiger partial charge in [-0.15, -0.1) is 12.4 Å². The van der Waals surface area contributed by atoms with Crippen LogP contribution >= 0.6 is 12.4 Å². The zero-order valence-electron chi connectivity index (χ0n) is 15.1. The molecule has 0 aromatic heterocycles. The van der Waals surface area contributed by atoms with Gasteiger partial charge in [-0.05, 0) is 50.6 Å². The first-order valence-electron chi connectivity index (χ1n) is 8.56. The van der Waals surface area contributed by atoms with Crippen LogP contribution < -0.4 is 10.0 Å². The molecule has 1 fully saturated rings. The second kappa shape index (κ2) is 9.89. The van der Waals surface area contributed by atoms with E-state index in [1.54, 1.807) is 0 Å². The second-order valence-corrected chi connectivity index (χ2v) is 10.0. The molecule has 0 unspecified atom stereocenters. The molecule has 7 nitrogen and oxygen atoms in total. The number of nitrogens with zero attached hydrogens (tertiary/aromatic N) is 1. The highest BCUT2D eigenvalue weighted by molar-refractivity contribution is 7.92. The van der Waals surface area contributed by atoms with Crippen LogP contribution in [0.5, 0.6) is 0 Å². The lowest BCUT2D eigenvalue weighted by molar-refractivity contribution is 0.298. The van der Waals surface area contributed by atoms with E-state index < -0.39 is 20.0 Å². The van der Waals surface area contributed by atoms with Crippen LogP contribution in [0.25, 0.3) is 0 Å². The third-order valence-electron chi connectivity index (χ3n) is 4.39. The van der Waals surface area contributed by atoms with Crippen LogP contribution in [0, 0.1) is 0 Å². The third kappa shape index (κ3) is 6.09. The summed E-state index contributed by atoms with van der Waals surface area (Å²) >= 11 is 0. The predicted octanol–water partition coefficient (Wildman–Crippen LogP) is 2.02. The Morgan fingerprint density at radius 3 is 2.15 bits per heavy atom. The summed E-state index contributed by atoms with van der Waals surface area (Å²) < 4.78 is 53.1. The van der Waals surface area contributed by atoms with E-state index in [-0.39, 0.29) is 23.1 Å². The minimum atomic E-state index is -3.54. The Labute approximate surface area is 163 Å². The van der Waals surface area contributed by atoms with Gasteiger partial charge in [-0.25, -0.2) is 16.8 Å². The summed E-state index contributed by atoms with van der Waals surface area (Å²) in [5.41, 5.74) is 0.379. The first kappa shape index (κ1) is 23.2. The van der Waals surface area contributed by atoms with Crippen molar-refractivity contribution in [2.24, 2.45) is 0 Å². The lowest BCUT2D eigenvalue weighted by Gasteiger charge is -2.31. The maximum atomic E-state index is 12.7. The van der Waals surface area contributed by atoms with E-state index in [1.165, 1.54) is 28.6 Å². The number of sulfonamides is 2. The van der Waals surface area contributed by atoms with Gasteiger partial charge in [0, 0.05) is 24.8 Å². The van der Waals surface area contributed by atoms with Gasteiger partial charge in [-0.2, -0.15) is 4.31 Å². The van der Waals surface area contributed by atoms with Gasteiger partial charge in [0.05, 0.1) is 10.6 Å². The normalized spacial score (nSPS) is 16.8. The standard InChI is InChI=1S/C16H27N3O4S2.ClH/c1-3-4-13-24(20,21)18-15-5-7-16(8-6-15)25(22,23)19-11-9-14(17-2)10-12-19;/h5-8,14,17-18H,3-4,9-13H2,1-2H3;1H. The van der Waals surface area contributed by atoms with Crippen LogP contribution in [-0.4, -0.2) is 53.1 Å². The van der Waals surface area contributed by atoms with Gasteiger partial charge >= 0.3 is 0 Å². The molecule has 1 heterocycles. The molecule has 2 N–H and O–H groups in total. The Morgan fingerprint density at radius 1 is 1.08 bits per heavy atom. The van der Waals surface area contributed by atoms with Gasteiger partial charge < -0.3 is 5.32 Å². The Kier molecular flexibility index (Phi) is 8.81. The molecule has 1 aliphatic rings. The number of hydrogen-bond acceptors (Lipinski definition) is 5. The summed E-state index contributed by atoms with van der Waals surface area (Å²) in [7, 11) is -5.05. The number of benzene rings is 1. The van der Waals surface area contributed by atoms with E-state index >= 15 is 0 Å². The molecule has 1 aliphatic heterocycles. The van der Waals surface area contributed by atoms with Crippen LogP contribution in [0.15, 0.2) is 29.2 Å². The lowest BCUT2D eigenvalue weighted by Crippen LogP contribution is -2.43. The number of piperidine rings is 1. The van der Waals surface area contributed by atoms with Crippen molar-refractivity contribution >= 4 is 38.1 Å². The van der Waals surface area contributed by atoms with Gasteiger partial charge in [0.25, 0.3) is 0 Å². The number of anilines is 1. The molecule has 2 rings (SSSR count). The van der Waals surface area contributed by atoms with Crippen LogP contribution in [0.2, 0.25) is 0 Å². The van der Waals surface area contributed by atoms with Gasteiger partial charge in [0.15, 0.2) is 0 Å². The van der Waals surface area contributed by atoms with E-state index in [0.29, 0.717) is 31.2 Å². The summed E-state index contributed by atoms with van der Waals surface area (Å²) in [6.45, 7) is 2.90. The molecule has 1 aromatic carbocycles. The third-order valence-corrected chi connectivity index (χ3v) is 7.68. The molecule has 0 bridgehead atoms. The largest absolute Gasteiger partial charge is 0.317 e. The molecular formula is C16H28ClN3O4S2. The molecule has 150 valence electrons. The summed E-state index contributed by atoms with van der Waals surface area (Å²) in [5, 5.41) is 3.17. The molecule has 0 spiro atoms. The summed E-state index contributed by atoms with van der Waals surface area (Å²) in [4.78, 5) is 0.187. The van der Waals surface area contributed by atoms with E-state index in [9.17, 15) is 16.8 Å². The second-order valence-electron chi connectivity index (χ2n) is 6.27. The first-order chi connectivity index (χ1) is 11.8. The molecule has 0 radical (unpaired) electrons. The van der Waals surface area contributed by atoms with E-state index in [4.69, 9.17) is 0 Å². The average molecular weight is 426 g/mol. The van der Waals surface area contributed by atoms with E-state index in [2.05, 4.69) is 10.0 Å². The zero-order valence-corrected chi connectivity index (χ0v) is 17.6. The highest BCUT2D eigenvalue weighted by Gasteiger charge is 2.28. The average Bonchev–Trinajstić information content (AvgIpc) is 2.60. The van der Waals surface area contributed by atoms with Gasteiger partial charge in [-0.1, -0.05) is 13.3 Å². The quantitative estimate of drug-likeness (QED) is 0.664. The fraction of sp³-hybridized carbons (Fsp3) is 0.625. The summed E-state index contributed by atoms with van der Waals surface area (Å²) in [6, 6.07) is 6.26. The minimum absolute atomic E-state index is 0. The predicted molar refractivity (Wildman–Crippen MR) is 107 cm³/mol.